The second kappa shape index (κ2) is 8.63. The molecular formula is C27H46O4. The molecule has 178 valence electrons. The zero-order valence-corrected chi connectivity index (χ0v) is 20.2. The minimum atomic E-state index is -0.674. The molecule has 0 spiro atoms. The van der Waals surface area contributed by atoms with Gasteiger partial charge in [-0.1, -0.05) is 40.5 Å². The van der Waals surface area contributed by atoms with E-state index in [1.54, 1.807) is 0 Å². The van der Waals surface area contributed by atoms with Crippen LogP contribution >= 0.6 is 0 Å². The second-order valence-corrected chi connectivity index (χ2v) is 12.6. The normalized spacial score (nSPS) is 48.9. The highest BCUT2D eigenvalue weighted by Crippen LogP contribution is 2.68. The number of fused-ring (bicyclic) bond motifs is 5. The number of aliphatic hydroxyl groups is 2. The molecule has 4 nitrogen and oxygen atoms in total. The molecule has 2 unspecified atom stereocenters. The Balaban J connectivity index is 1.46. The number of rotatable bonds is 6. The Morgan fingerprint density at radius 3 is 2.32 bits per heavy atom. The van der Waals surface area contributed by atoms with Gasteiger partial charge in [0.15, 0.2) is 0 Å². The molecule has 0 aromatic heterocycles. The van der Waals surface area contributed by atoms with Gasteiger partial charge < -0.3 is 15.3 Å². The van der Waals surface area contributed by atoms with E-state index in [0.717, 1.165) is 44.9 Å². The molecule has 4 rings (SSSR count). The average molecular weight is 435 g/mol. The van der Waals surface area contributed by atoms with Crippen molar-refractivity contribution in [2.45, 2.75) is 111 Å². The molecule has 0 aliphatic heterocycles. The summed E-state index contributed by atoms with van der Waals surface area (Å²) in [6.07, 6.45) is 11.4. The molecule has 31 heavy (non-hydrogen) atoms. The van der Waals surface area contributed by atoms with Crippen LogP contribution in [0.1, 0.15) is 98.3 Å². The highest BCUT2D eigenvalue weighted by atomic mass is 16.4. The summed E-state index contributed by atoms with van der Waals surface area (Å²) in [6.45, 7) is 9.22. The van der Waals surface area contributed by atoms with E-state index in [2.05, 4.69) is 20.8 Å². The van der Waals surface area contributed by atoms with Crippen molar-refractivity contribution in [2.75, 3.05) is 0 Å². The van der Waals surface area contributed by atoms with Crippen LogP contribution < -0.4 is 0 Å². The van der Waals surface area contributed by atoms with Crippen molar-refractivity contribution in [2.24, 2.45) is 52.3 Å². The summed E-state index contributed by atoms with van der Waals surface area (Å²) in [5.74, 6) is 2.55. The molecule has 0 aromatic rings. The van der Waals surface area contributed by atoms with E-state index in [0.29, 0.717) is 46.3 Å². The lowest BCUT2D eigenvalue weighted by atomic mass is 9.43. The lowest BCUT2D eigenvalue weighted by Crippen LogP contribution is -2.58. The molecule has 3 N–H and O–H groups in total. The van der Waals surface area contributed by atoms with Gasteiger partial charge in [-0.25, -0.2) is 0 Å². The highest BCUT2D eigenvalue weighted by molar-refractivity contribution is 5.69. The predicted octanol–water partition coefficient (Wildman–Crippen LogP) is 5.50. The number of hydrogen-bond acceptors (Lipinski definition) is 3. The van der Waals surface area contributed by atoms with Gasteiger partial charge in [0, 0.05) is 0 Å². The molecule has 0 bridgehead atoms. The molecule has 4 aliphatic carbocycles. The van der Waals surface area contributed by atoms with E-state index in [1.165, 1.54) is 25.7 Å². The lowest BCUT2D eigenvalue weighted by Gasteiger charge is -2.62. The van der Waals surface area contributed by atoms with Gasteiger partial charge in [-0.15, -0.1) is 0 Å². The van der Waals surface area contributed by atoms with Crippen LogP contribution in [0.25, 0.3) is 0 Å². The van der Waals surface area contributed by atoms with Gasteiger partial charge in [-0.2, -0.15) is 0 Å². The van der Waals surface area contributed by atoms with E-state index >= 15 is 0 Å². The Kier molecular flexibility index (Phi) is 6.55. The zero-order chi connectivity index (χ0) is 22.6. The number of carbonyl (C=O) groups is 1. The fraction of sp³-hybridized carbons (Fsp3) is 0.963. The fourth-order valence-electron chi connectivity index (χ4n) is 9.25. The first-order chi connectivity index (χ1) is 14.6. The summed E-state index contributed by atoms with van der Waals surface area (Å²) in [6, 6.07) is 0. The van der Waals surface area contributed by atoms with Crippen LogP contribution in [0.5, 0.6) is 0 Å². The summed E-state index contributed by atoms with van der Waals surface area (Å²) in [7, 11) is 0. The smallest absolute Gasteiger partial charge is 0.306 e. The third-order valence-corrected chi connectivity index (χ3v) is 11.1. The van der Waals surface area contributed by atoms with E-state index in [-0.39, 0.29) is 18.1 Å². The van der Waals surface area contributed by atoms with Crippen LogP contribution in [0, 0.1) is 52.3 Å². The average Bonchev–Trinajstić information content (AvgIpc) is 3.06. The van der Waals surface area contributed by atoms with Crippen LogP contribution in [0.2, 0.25) is 0 Å². The van der Waals surface area contributed by atoms with E-state index in [1.807, 2.05) is 6.92 Å². The van der Waals surface area contributed by atoms with Gasteiger partial charge in [0.25, 0.3) is 0 Å². The van der Waals surface area contributed by atoms with Gasteiger partial charge in [-0.05, 0) is 104 Å². The zero-order valence-electron chi connectivity index (χ0n) is 20.2. The Morgan fingerprint density at radius 2 is 1.61 bits per heavy atom. The number of aliphatic carboxylic acids is 1. The number of aliphatic hydroxyl groups excluding tert-OH is 2. The standard InChI is InChI=1S/C27H46O4/c1-16(6-5-7-17(2)25(30)31)20-8-9-21-24-22(11-13-27(20,21)4)26(3)12-10-19(28)14-18(26)15-23(24)29/h16-24,28-29H,5-15H2,1-4H3,(H,30,31)/t16-,17?,18?,19-,20-,21+,22+,23-,24+,26+,27-/m1/s1. The van der Waals surface area contributed by atoms with Crippen molar-refractivity contribution in [1.82, 2.24) is 0 Å². The maximum atomic E-state index is 11.3. The molecule has 0 radical (unpaired) electrons. The Bertz CT molecular complexity index is 664. The molecule has 0 saturated heterocycles. The number of hydrogen-bond donors (Lipinski definition) is 3. The Morgan fingerprint density at radius 1 is 0.935 bits per heavy atom. The summed E-state index contributed by atoms with van der Waals surface area (Å²) in [5, 5.41) is 30.8. The molecule has 4 aliphatic rings. The van der Waals surface area contributed by atoms with Crippen LogP contribution in [-0.2, 0) is 4.79 Å². The summed E-state index contributed by atoms with van der Waals surface area (Å²) >= 11 is 0. The van der Waals surface area contributed by atoms with Gasteiger partial charge in [0.1, 0.15) is 0 Å². The lowest BCUT2D eigenvalue weighted by molar-refractivity contribution is -0.174. The van der Waals surface area contributed by atoms with Gasteiger partial charge in [0.05, 0.1) is 18.1 Å². The van der Waals surface area contributed by atoms with Crippen molar-refractivity contribution >= 4 is 5.97 Å². The van der Waals surface area contributed by atoms with Gasteiger partial charge >= 0.3 is 5.97 Å². The van der Waals surface area contributed by atoms with Crippen LogP contribution in [0.15, 0.2) is 0 Å². The number of carboxylic acid groups (broad SMARTS) is 1. The van der Waals surface area contributed by atoms with E-state index < -0.39 is 5.97 Å². The first-order valence-corrected chi connectivity index (χ1v) is 13.2. The molecule has 0 amide bonds. The topological polar surface area (TPSA) is 77.8 Å². The summed E-state index contributed by atoms with van der Waals surface area (Å²) in [4.78, 5) is 11.1. The first-order valence-electron chi connectivity index (χ1n) is 13.2. The minimum absolute atomic E-state index is 0.170. The van der Waals surface area contributed by atoms with Gasteiger partial charge in [-0.3, -0.25) is 4.79 Å². The molecule has 4 heteroatoms. The maximum Gasteiger partial charge on any atom is 0.306 e. The number of carboxylic acids is 1. The third-order valence-electron chi connectivity index (χ3n) is 11.1. The molecule has 0 aromatic carbocycles. The van der Waals surface area contributed by atoms with Crippen LogP contribution in [-0.4, -0.2) is 33.5 Å². The van der Waals surface area contributed by atoms with E-state index in [9.17, 15) is 15.0 Å². The minimum Gasteiger partial charge on any atom is -0.481 e. The third kappa shape index (κ3) is 3.98. The van der Waals surface area contributed by atoms with Crippen LogP contribution in [0.3, 0.4) is 0 Å². The fourth-order valence-corrected chi connectivity index (χ4v) is 9.25. The molecule has 4 saturated carbocycles. The predicted molar refractivity (Wildman–Crippen MR) is 122 cm³/mol. The van der Waals surface area contributed by atoms with Crippen molar-refractivity contribution in [3.63, 3.8) is 0 Å². The Labute approximate surface area is 189 Å². The summed E-state index contributed by atoms with van der Waals surface area (Å²) < 4.78 is 0. The first kappa shape index (κ1) is 23.5. The molecule has 4 fully saturated rings. The maximum absolute atomic E-state index is 11.3. The van der Waals surface area contributed by atoms with Crippen LogP contribution in [0.4, 0.5) is 0 Å². The summed E-state index contributed by atoms with van der Waals surface area (Å²) in [5.41, 5.74) is 0.610. The Hall–Kier alpha value is -0.610. The quantitative estimate of drug-likeness (QED) is 0.515. The van der Waals surface area contributed by atoms with E-state index in [4.69, 9.17) is 5.11 Å². The van der Waals surface area contributed by atoms with Crippen molar-refractivity contribution in [3.05, 3.63) is 0 Å². The monoisotopic (exact) mass is 434 g/mol. The molecule has 11 atom stereocenters. The van der Waals surface area contributed by atoms with Crippen molar-refractivity contribution < 1.29 is 20.1 Å². The second-order valence-electron chi connectivity index (χ2n) is 12.6. The molecular weight excluding hydrogens is 388 g/mol. The molecule has 0 heterocycles. The van der Waals surface area contributed by atoms with Crippen molar-refractivity contribution in [3.8, 4) is 0 Å². The highest BCUT2D eigenvalue weighted by Gasteiger charge is 2.62. The van der Waals surface area contributed by atoms with Gasteiger partial charge in [0.2, 0.25) is 0 Å². The SMILES string of the molecule is CC(CCC[C@@H](C)[C@H]1CC[C@H]2[C@@H]3[C@H](O)CC4C[C@H](O)CC[C@]4(C)[C@H]3CC[C@]12C)C(=O)O. The largest absolute Gasteiger partial charge is 0.481 e. The van der Waals surface area contributed by atoms with Crippen molar-refractivity contribution in [1.29, 1.82) is 0 Å².